The van der Waals surface area contributed by atoms with E-state index in [1.165, 1.54) is 18.6 Å². The summed E-state index contributed by atoms with van der Waals surface area (Å²) in [5.41, 5.74) is 3.18. The van der Waals surface area contributed by atoms with Crippen LogP contribution in [0.1, 0.15) is 82.6 Å². The fourth-order valence-electron chi connectivity index (χ4n) is 5.46. The lowest BCUT2D eigenvalue weighted by atomic mass is 9.73. The molecular formula is C30H31ClFN7. The highest BCUT2D eigenvalue weighted by Gasteiger charge is 2.33. The molecule has 0 aliphatic heterocycles. The molecule has 7 nitrogen and oxygen atoms in total. The molecule has 0 amide bonds. The first-order valence-electron chi connectivity index (χ1n) is 13.9. The van der Waals surface area contributed by atoms with Gasteiger partial charge in [-0.25, -0.2) is 9.07 Å². The number of aromatic nitrogens is 4. The number of nitrogens with zero attached hydrogens (tertiary/aromatic N) is 5. The van der Waals surface area contributed by atoms with Crippen molar-refractivity contribution in [1.82, 2.24) is 20.0 Å². The first-order chi connectivity index (χ1) is 19.2. The first kappa shape index (κ1) is 24.3. The second kappa shape index (κ2) is 10.1. The van der Waals surface area contributed by atoms with Crippen molar-refractivity contribution in [3.8, 4) is 6.07 Å². The molecule has 2 heterocycles. The summed E-state index contributed by atoms with van der Waals surface area (Å²) >= 11 is 6.77. The average molecular weight is 545 g/mol. The molecule has 2 atom stereocenters. The molecule has 0 radical (unpaired) electrons. The van der Waals surface area contributed by atoms with E-state index in [0.29, 0.717) is 50.2 Å². The van der Waals surface area contributed by atoms with E-state index in [9.17, 15) is 11.0 Å². The Labute approximate surface area is 233 Å². The number of rotatable bonds is 7. The van der Waals surface area contributed by atoms with Crippen LogP contribution in [0.3, 0.4) is 0 Å². The van der Waals surface area contributed by atoms with Gasteiger partial charge in [0.2, 0.25) is 0 Å². The van der Waals surface area contributed by atoms with E-state index in [4.69, 9.17) is 11.6 Å². The third kappa shape index (κ3) is 5.16. The average Bonchev–Trinajstić information content (AvgIpc) is 3.65. The molecule has 2 aromatic carbocycles. The van der Waals surface area contributed by atoms with Crippen LogP contribution in [0.2, 0.25) is 5.02 Å². The van der Waals surface area contributed by atoms with E-state index in [1.807, 2.05) is 6.07 Å². The molecule has 2 N–H and O–H groups in total. The summed E-state index contributed by atoms with van der Waals surface area (Å²) in [6, 6.07) is 10.6. The van der Waals surface area contributed by atoms with Crippen molar-refractivity contribution in [3.05, 3.63) is 76.5 Å². The molecule has 0 saturated heterocycles. The Kier molecular flexibility index (Phi) is 6.32. The van der Waals surface area contributed by atoms with Crippen molar-refractivity contribution in [1.29, 1.82) is 5.26 Å². The zero-order valence-corrected chi connectivity index (χ0v) is 22.8. The summed E-state index contributed by atoms with van der Waals surface area (Å²) in [6.07, 6.45) is 9.81. The van der Waals surface area contributed by atoms with Crippen LogP contribution in [-0.2, 0) is 0 Å². The minimum atomic E-state index is -1.59. The van der Waals surface area contributed by atoms with Crippen molar-refractivity contribution >= 4 is 33.9 Å². The topological polar surface area (TPSA) is 91.5 Å². The molecule has 0 spiro atoms. The third-order valence-corrected chi connectivity index (χ3v) is 8.25. The third-order valence-electron chi connectivity index (χ3n) is 7.96. The Bertz CT molecular complexity index is 1610. The molecule has 0 bridgehead atoms. The number of hydrogen-bond donors (Lipinski definition) is 2. The van der Waals surface area contributed by atoms with Crippen molar-refractivity contribution in [3.63, 3.8) is 0 Å². The summed E-state index contributed by atoms with van der Waals surface area (Å²) < 4.78 is 25.2. The molecule has 9 heteroatoms. The highest BCUT2D eigenvalue weighted by Crippen LogP contribution is 2.41. The maximum atomic E-state index is 13.8. The van der Waals surface area contributed by atoms with Gasteiger partial charge in [0.1, 0.15) is 17.6 Å². The molecule has 2 fully saturated rings. The van der Waals surface area contributed by atoms with Crippen LogP contribution in [0.15, 0.2) is 48.8 Å². The molecule has 2 aliphatic carbocycles. The predicted molar refractivity (Wildman–Crippen MR) is 151 cm³/mol. The van der Waals surface area contributed by atoms with Gasteiger partial charge in [0.15, 0.2) is 0 Å². The predicted octanol–water partition coefficient (Wildman–Crippen LogP) is 7.41. The van der Waals surface area contributed by atoms with E-state index < -0.39 is 11.8 Å². The number of anilines is 2. The van der Waals surface area contributed by atoms with Crippen LogP contribution in [0.4, 0.5) is 15.8 Å². The fourth-order valence-corrected chi connectivity index (χ4v) is 5.73. The number of fused-ring (bicyclic) bond motifs is 1. The molecule has 6 rings (SSSR count). The molecule has 39 heavy (non-hydrogen) atoms. The van der Waals surface area contributed by atoms with E-state index in [1.54, 1.807) is 35.3 Å². The summed E-state index contributed by atoms with van der Waals surface area (Å²) in [7, 11) is 0. The van der Waals surface area contributed by atoms with Crippen molar-refractivity contribution in [2.24, 2.45) is 5.41 Å². The van der Waals surface area contributed by atoms with Gasteiger partial charge in [-0.1, -0.05) is 55.6 Å². The number of nitrogens with one attached hydrogen (secondary N) is 2. The zero-order chi connectivity index (χ0) is 28.1. The largest absolute Gasteiger partial charge is 0.380 e. The van der Waals surface area contributed by atoms with Crippen LogP contribution in [0, 0.1) is 22.6 Å². The van der Waals surface area contributed by atoms with E-state index >= 15 is 0 Å². The number of halogens is 2. The minimum Gasteiger partial charge on any atom is -0.380 e. The van der Waals surface area contributed by atoms with E-state index in [2.05, 4.69) is 45.8 Å². The lowest BCUT2D eigenvalue weighted by Gasteiger charge is -2.40. The fraction of sp³-hybridized carbons (Fsp3) is 0.400. The van der Waals surface area contributed by atoms with Crippen molar-refractivity contribution < 1.29 is 5.76 Å². The first-order valence-corrected chi connectivity index (χ1v) is 13.8. The standard InChI is InChI=1S/C30H31ClFN7/c1-30(2)12-4-3-5-26(30)36-27-19(15-33)16-34-29-23(27)13-21(14-24(29)31)35-28(18-6-8-20(32)9-7-18)25-17-39(38-37-25)22-10-11-22/h6-9,13-14,16-17,22,26,28,35H,3-5,10-12H2,1-2H3,(H,34,36)/t26-,28+/m1/s1/i28D. The van der Waals surface area contributed by atoms with E-state index in [-0.39, 0.29) is 11.5 Å². The van der Waals surface area contributed by atoms with Crippen LogP contribution in [0.5, 0.6) is 0 Å². The van der Waals surface area contributed by atoms with Crippen LogP contribution in [0.25, 0.3) is 10.9 Å². The molecule has 0 unspecified atom stereocenters. The van der Waals surface area contributed by atoms with Gasteiger partial charge in [-0.2, -0.15) is 5.26 Å². The lowest BCUT2D eigenvalue weighted by molar-refractivity contribution is 0.217. The maximum absolute atomic E-state index is 13.8. The molecule has 2 saturated carbocycles. The summed E-state index contributed by atoms with van der Waals surface area (Å²) in [6.45, 7) is 4.51. The van der Waals surface area contributed by atoms with Crippen molar-refractivity contribution in [2.45, 2.75) is 70.5 Å². The normalized spacial score (nSPS) is 20.6. The Morgan fingerprint density at radius 3 is 2.72 bits per heavy atom. The van der Waals surface area contributed by atoms with Gasteiger partial charge < -0.3 is 10.6 Å². The molecule has 200 valence electrons. The zero-order valence-electron chi connectivity index (χ0n) is 23.0. The molecule has 4 aromatic rings. The monoisotopic (exact) mass is 544 g/mol. The Hall–Kier alpha value is -3.70. The second-order valence-corrected chi connectivity index (χ2v) is 11.7. The summed E-state index contributed by atoms with van der Waals surface area (Å²) in [5.74, 6) is -0.391. The summed E-state index contributed by atoms with van der Waals surface area (Å²) in [4.78, 5) is 4.50. The highest BCUT2D eigenvalue weighted by atomic mass is 35.5. The molecule has 2 aliphatic rings. The van der Waals surface area contributed by atoms with Gasteiger partial charge >= 0.3 is 0 Å². The van der Waals surface area contributed by atoms with Crippen LogP contribution in [-0.4, -0.2) is 26.0 Å². The van der Waals surface area contributed by atoms with Gasteiger partial charge in [-0.15, -0.1) is 5.10 Å². The second-order valence-electron chi connectivity index (χ2n) is 11.3. The minimum absolute atomic E-state index is 0.0620. The maximum Gasteiger partial charge on any atom is 0.123 e. The van der Waals surface area contributed by atoms with Gasteiger partial charge in [-0.05, 0) is 60.9 Å². The number of benzene rings is 2. The Balaban J connectivity index is 1.45. The van der Waals surface area contributed by atoms with Crippen LogP contribution >= 0.6 is 11.6 Å². The number of pyridine rings is 1. The highest BCUT2D eigenvalue weighted by molar-refractivity contribution is 6.35. The van der Waals surface area contributed by atoms with Gasteiger partial charge in [-0.3, -0.25) is 4.98 Å². The Morgan fingerprint density at radius 2 is 2.00 bits per heavy atom. The Morgan fingerprint density at radius 1 is 1.21 bits per heavy atom. The lowest BCUT2D eigenvalue weighted by Crippen LogP contribution is -2.39. The smallest absolute Gasteiger partial charge is 0.123 e. The van der Waals surface area contributed by atoms with Gasteiger partial charge in [0.05, 0.1) is 41.4 Å². The molecule has 2 aromatic heterocycles. The number of nitriles is 1. The SMILES string of the molecule is [2H][C@](Nc1cc(Cl)c2ncc(C#N)c(N[C@@H]3CCCCC3(C)C)c2c1)(c1ccc(F)cc1)c1cn(C2CC2)nn1. The summed E-state index contributed by atoms with van der Waals surface area (Å²) in [5, 5.41) is 26.6. The van der Waals surface area contributed by atoms with Gasteiger partial charge in [0.25, 0.3) is 0 Å². The molecular weight excluding hydrogens is 513 g/mol. The van der Waals surface area contributed by atoms with E-state index in [0.717, 1.165) is 32.1 Å². The quantitative estimate of drug-likeness (QED) is 0.252. The van der Waals surface area contributed by atoms with Crippen molar-refractivity contribution in [2.75, 3.05) is 10.6 Å². The van der Waals surface area contributed by atoms with Crippen LogP contribution < -0.4 is 10.6 Å². The van der Waals surface area contributed by atoms with Gasteiger partial charge in [0, 0.05) is 23.3 Å². The number of hydrogen-bond acceptors (Lipinski definition) is 6.